The zero-order chi connectivity index (χ0) is 14.0. The number of aromatic hydroxyl groups is 1. The van der Waals surface area contributed by atoms with Crippen molar-refractivity contribution in [2.24, 2.45) is 0 Å². The van der Waals surface area contributed by atoms with Crippen LogP contribution < -0.4 is 0 Å². The van der Waals surface area contributed by atoms with Crippen molar-refractivity contribution in [1.29, 1.82) is 0 Å². The maximum Gasteiger partial charge on any atom is 0.339 e. The van der Waals surface area contributed by atoms with Gasteiger partial charge in [-0.2, -0.15) is 0 Å². The number of rotatable bonds is 3. The molecule has 0 saturated heterocycles. The molecule has 3 nitrogen and oxygen atoms in total. The van der Waals surface area contributed by atoms with E-state index in [1.807, 2.05) is 44.2 Å². The summed E-state index contributed by atoms with van der Waals surface area (Å²) in [6, 6.07) is 14.6. The van der Waals surface area contributed by atoms with E-state index < -0.39 is 5.97 Å². The van der Waals surface area contributed by atoms with E-state index in [4.69, 9.17) is 5.11 Å². The van der Waals surface area contributed by atoms with Gasteiger partial charge in [0.1, 0.15) is 11.3 Å². The predicted octanol–water partition coefficient (Wildman–Crippen LogP) is 3.41. The minimum atomic E-state index is -1.12. The second kappa shape index (κ2) is 6.19. The predicted molar refractivity (Wildman–Crippen MR) is 73.6 cm³/mol. The van der Waals surface area contributed by atoms with Crippen molar-refractivity contribution in [3.05, 3.63) is 65.2 Å². The van der Waals surface area contributed by atoms with Gasteiger partial charge in [-0.3, -0.25) is 0 Å². The average Bonchev–Trinajstić information content (AvgIpc) is 2.39. The fourth-order valence-corrected chi connectivity index (χ4v) is 2.12. The number of carboxylic acids is 1. The Kier molecular flexibility index (Phi) is 5.07. The van der Waals surface area contributed by atoms with Crippen LogP contribution in [0.4, 0.5) is 0 Å². The molecule has 0 radical (unpaired) electrons. The molecule has 2 aromatic rings. The molecule has 0 bridgehead atoms. The second-order valence-corrected chi connectivity index (χ2v) is 5.03. The Morgan fingerprint density at radius 3 is 2.15 bits per heavy atom. The first-order chi connectivity index (χ1) is 8.93. The van der Waals surface area contributed by atoms with Gasteiger partial charge in [0.05, 0.1) is 0 Å². The van der Waals surface area contributed by atoms with Gasteiger partial charge in [0.2, 0.25) is 0 Å². The minimum absolute atomic E-state index is 0. The molecule has 20 heavy (non-hydrogen) atoms. The molecule has 2 aromatic carbocycles. The van der Waals surface area contributed by atoms with E-state index in [9.17, 15) is 9.90 Å². The number of aromatic carboxylic acids is 1. The molecule has 0 aliphatic carbocycles. The molecule has 2 rings (SSSR count). The van der Waals surface area contributed by atoms with Gasteiger partial charge in [-0.05, 0) is 23.3 Å². The molecule has 0 aliphatic rings. The van der Waals surface area contributed by atoms with E-state index >= 15 is 0 Å². The summed E-state index contributed by atoms with van der Waals surface area (Å²) < 4.78 is 0. The summed E-state index contributed by atoms with van der Waals surface area (Å²) in [6.45, 7) is 4.06. The maximum atomic E-state index is 11.1. The molecular formula is C16H16O3Zn. The summed E-state index contributed by atoms with van der Waals surface area (Å²) in [5, 5.41) is 18.6. The van der Waals surface area contributed by atoms with Gasteiger partial charge < -0.3 is 10.2 Å². The van der Waals surface area contributed by atoms with Gasteiger partial charge in [-0.15, -0.1) is 0 Å². The van der Waals surface area contributed by atoms with Crippen LogP contribution in [0.3, 0.4) is 0 Å². The van der Waals surface area contributed by atoms with Crippen molar-refractivity contribution in [2.75, 3.05) is 0 Å². The van der Waals surface area contributed by atoms with Gasteiger partial charge in [0, 0.05) is 24.9 Å². The van der Waals surface area contributed by atoms with Crippen LogP contribution in [-0.2, 0) is 24.9 Å². The van der Waals surface area contributed by atoms with Gasteiger partial charge in [-0.25, -0.2) is 4.79 Å². The molecule has 0 heterocycles. The zero-order valence-corrected chi connectivity index (χ0v) is 14.6. The topological polar surface area (TPSA) is 57.5 Å². The molecule has 0 fully saturated rings. The molecule has 0 aromatic heterocycles. The Hall–Kier alpha value is -1.67. The summed E-state index contributed by atoms with van der Waals surface area (Å²) >= 11 is 0. The molecule has 0 saturated carbocycles. The standard InChI is InChI=1S/C16H16O3.Zn/c1-16(2,11-6-4-3-5-7-11)12-8-9-14(17)13(10-12)15(18)19;/h3-10,17H,1-2H3,(H,18,19);. The Morgan fingerprint density at radius 2 is 1.60 bits per heavy atom. The third-order valence-corrected chi connectivity index (χ3v) is 3.44. The van der Waals surface area contributed by atoms with Crippen molar-refractivity contribution in [2.45, 2.75) is 19.3 Å². The molecule has 0 spiro atoms. The van der Waals surface area contributed by atoms with Crippen LogP contribution >= 0.6 is 0 Å². The van der Waals surface area contributed by atoms with E-state index in [-0.39, 0.29) is 36.2 Å². The SMILES string of the molecule is CC(C)(c1ccccc1)c1ccc(O)c(C(=O)O)c1.[Zn]. The minimum Gasteiger partial charge on any atom is -0.507 e. The molecule has 0 unspecified atom stereocenters. The van der Waals surface area contributed by atoms with Gasteiger partial charge in [0.25, 0.3) is 0 Å². The zero-order valence-electron chi connectivity index (χ0n) is 11.6. The van der Waals surface area contributed by atoms with Gasteiger partial charge in [-0.1, -0.05) is 50.2 Å². The summed E-state index contributed by atoms with van der Waals surface area (Å²) in [6.07, 6.45) is 0. The summed E-state index contributed by atoms with van der Waals surface area (Å²) in [4.78, 5) is 11.1. The molecule has 0 amide bonds. The van der Waals surface area contributed by atoms with Gasteiger partial charge in [0.15, 0.2) is 0 Å². The van der Waals surface area contributed by atoms with Crippen LogP contribution in [0.25, 0.3) is 0 Å². The van der Waals surface area contributed by atoms with Crippen LogP contribution in [0.15, 0.2) is 48.5 Å². The Labute approximate surface area is 131 Å². The van der Waals surface area contributed by atoms with Crippen molar-refractivity contribution < 1.29 is 34.5 Å². The first kappa shape index (κ1) is 16.4. The third-order valence-electron chi connectivity index (χ3n) is 3.44. The smallest absolute Gasteiger partial charge is 0.339 e. The maximum absolute atomic E-state index is 11.1. The van der Waals surface area contributed by atoms with Crippen molar-refractivity contribution in [1.82, 2.24) is 0 Å². The number of hydrogen-bond acceptors (Lipinski definition) is 2. The summed E-state index contributed by atoms with van der Waals surface area (Å²) in [7, 11) is 0. The quantitative estimate of drug-likeness (QED) is 0.852. The molecule has 2 N–H and O–H groups in total. The first-order valence-electron chi connectivity index (χ1n) is 6.05. The van der Waals surface area contributed by atoms with E-state index in [1.165, 1.54) is 12.1 Å². The van der Waals surface area contributed by atoms with E-state index in [1.54, 1.807) is 6.07 Å². The van der Waals surface area contributed by atoms with Crippen LogP contribution in [0.5, 0.6) is 5.75 Å². The Bertz CT molecular complexity index is 606. The number of carbonyl (C=O) groups is 1. The second-order valence-electron chi connectivity index (χ2n) is 5.03. The summed E-state index contributed by atoms with van der Waals surface area (Å²) in [5.41, 5.74) is 1.56. The molecule has 0 atom stereocenters. The Morgan fingerprint density at radius 1 is 1.00 bits per heavy atom. The molecule has 100 valence electrons. The van der Waals surface area contributed by atoms with Gasteiger partial charge >= 0.3 is 5.97 Å². The van der Waals surface area contributed by atoms with Crippen molar-refractivity contribution in [3.63, 3.8) is 0 Å². The number of phenols is 1. The normalized spacial score (nSPS) is 10.7. The van der Waals surface area contributed by atoms with Crippen molar-refractivity contribution >= 4 is 5.97 Å². The fraction of sp³-hybridized carbons (Fsp3) is 0.188. The fourth-order valence-electron chi connectivity index (χ4n) is 2.12. The monoisotopic (exact) mass is 320 g/mol. The van der Waals surface area contributed by atoms with E-state index in [0.717, 1.165) is 11.1 Å². The van der Waals surface area contributed by atoms with E-state index in [0.29, 0.717) is 0 Å². The number of hydrogen-bond donors (Lipinski definition) is 2. The largest absolute Gasteiger partial charge is 0.507 e. The van der Waals surface area contributed by atoms with E-state index in [2.05, 4.69) is 0 Å². The van der Waals surface area contributed by atoms with Crippen LogP contribution in [0, 0.1) is 0 Å². The molecular weight excluding hydrogens is 306 g/mol. The first-order valence-corrected chi connectivity index (χ1v) is 6.05. The number of benzene rings is 2. The average molecular weight is 322 g/mol. The molecule has 0 aliphatic heterocycles. The third kappa shape index (κ3) is 3.08. The number of carboxylic acid groups (broad SMARTS) is 1. The van der Waals surface area contributed by atoms with Crippen LogP contribution in [0.1, 0.15) is 35.3 Å². The molecule has 4 heteroatoms. The van der Waals surface area contributed by atoms with Crippen LogP contribution in [-0.4, -0.2) is 16.2 Å². The van der Waals surface area contributed by atoms with Crippen LogP contribution in [0.2, 0.25) is 0 Å². The Balaban J connectivity index is 0.00000200. The van der Waals surface area contributed by atoms with Crippen molar-refractivity contribution in [3.8, 4) is 5.75 Å². The summed E-state index contributed by atoms with van der Waals surface area (Å²) in [5.74, 6) is -1.33.